The normalized spacial score (nSPS) is 15.2. The van der Waals surface area contributed by atoms with Gasteiger partial charge in [0.05, 0.1) is 14.9 Å². The predicted molar refractivity (Wildman–Crippen MR) is 79.4 cm³/mol. The Hall–Kier alpha value is -1.29. The summed E-state index contributed by atoms with van der Waals surface area (Å²) in [7, 11) is 0. The van der Waals surface area contributed by atoms with Crippen LogP contribution in [-0.2, 0) is 4.79 Å². The molecule has 1 aromatic rings. The summed E-state index contributed by atoms with van der Waals surface area (Å²) in [6.45, 7) is 0.705. The quantitative estimate of drug-likeness (QED) is 0.333. The summed E-state index contributed by atoms with van der Waals surface area (Å²) in [6.07, 6.45) is -1.26. The number of carbonyl (C=O) groups excluding carboxylic acids is 1. The van der Waals surface area contributed by atoms with Crippen LogP contribution < -0.4 is 5.32 Å². The van der Waals surface area contributed by atoms with E-state index in [0.29, 0.717) is 5.56 Å². The molecule has 2 N–H and O–H groups in total. The number of non-ortho nitro benzene ring substituents is 1. The molecule has 0 aliphatic rings. The van der Waals surface area contributed by atoms with Crippen LogP contribution in [0.4, 0.5) is 10.1 Å². The van der Waals surface area contributed by atoms with Crippen LogP contribution in [0.25, 0.3) is 0 Å². The van der Waals surface area contributed by atoms with Crippen molar-refractivity contribution in [2.24, 2.45) is 0 Å². The van der Waals surface area contributed by atoms with Gasteiger partial charge in [-0.1, -0.05) is 22.6 Å². The average Bonchev–Trinajstić information content (AvgIpc) is 2.43. The van der Waals surface area contributed by atoms with Gasteiger partial charge in [-0.05, 0) is 24.6 Å². The van der Waals surface area contributed by atoms with Gasteiger partial charge in [0, 0.05) is 12.1 Å². The van der Waals surface area contributed by atoms with Gasteiger partial charge >= 0.3 is 0 Å². The first-order valence-corrected chi connectivity index (χ1v) is 7.04. The maximum Gasteiger partial charge on any atom is 0.269 e. The molecular formula is C12H14FIN2O4. The molecule has 0 fully saturated rings. The predicted octanol–water partition coefficient (Wildman–Crippen LogP) is 1.91. The molecule has 0 spiro atoms. The lowest BCUT2D eigenvalue weighted by Crippen LogP contribution is -2.43. The summed E-state index contributed by atoms with van der Waals surface area (Å²) in [4.78, 5) is 21.5. The molecule has 0 bridgehead atoms. The molecule has 1 rings (SSSR count). The van der Waals surface area contributed by atoms with Crippen LogP contribution in [0.1, 0.15) is 18.6 Å². The second kappa shape index (κ2) is 7.48. The molecule has 1 amide bonds. The molecule has 1 aromatic carbocycles. The van der Waals surface area contributed by atoms with Crippen molar-refractivity contribution >= 4 is 34.2 Å². The standard InChI is InChI=1S/C12H14FIN2O4/c1-7(14)12(18)15-10(6-13)11(17)8-2-4-9(5-3-8)16(19)20/h2-5,7,10-11,17H,6H2,1H3,(H,15,18)/t7-,10+,11+/m0/s1. The number of nitro benzene ring substituents is 1. The Kier molecular flexibility index (Phi) is 6.27. The molecule has 0 heterocycles. The van der Waals surface area contributed by atoms with Crippen LogP contribution in [0.3, 0.4) is 0 Å². The van der Waals surface area contributed by atoms with Crippen molar-refractivity contribution in [1.82, 2.24) is 5.32 Å². The number of halogens is 2. The van der Waals surface area contributed by atoms with Gasteiger partial charge in [-0.25, -0.2) is 4.39 Å². The first kappa shape index (κ1) is 16.8. The van der Waals surface area contributed by atoms with E-state index in [4.69, 9.17) is 0 Å². The van der Waals surface area contributed by atoms with E-state index in [-0.39, 0.29) is 15.5 Å². The van der Waals surface area contributed by atoms with Crippen LogP contribution in [0.5, 0.6) is 0 Å². The molecule has 20 heavy (non-hydrogen) atoms. The molecule has 0 aromatic heterocycles. The number of hydrogen-bond acceptors (Lipinski definition) is 4. The summed E-state index contributed by atoms with van der Waals surface area (Å²) in [5.41, 5.74) is 0.183. The molecule has 0 aliphatic heterocycles. The third kappa shape index (κ3) is 4.37. The zero-order valence-corrected chi connectivity index (χ0v) is 12.8. The maximum atomic E-state index is 12.9. The van der Waals surface area contributed by atoms with E-state index < -0.39 is 23.7 Å². The molecule has 0 saturated heterocycles. The molecule has 0 saturated carbocycles. The summed E-state index contributed by atoms with van der Waals surface area (Å²) in [6, 6.07) is 4.03. The summed E-state index contributed by atoms with van der Waals surface area (Å²) < 4.78 is 12.6. The summed E-state index contributed by atoms with van der Waals surface area (Å²) >= 11 is 1.88. The molecule has 110 valence electrons. The highest BCUT2D eigenvalue weighted by Gasteiger charge is 2.24. The van der Waals surface area contributed by atoms with Crippen molar-refractivity contribution in [2.75, 3.05) is 6.67 Å². The largest absolute Gasteiger partial charge is 0.386 e. The van der Waals surface area contributed by atoms with Crippen molar-refractivity contribution in [2.45, 2.75) is 23.0 Å². The highest BCUT2D eigenvalue weighted by atomic mass is 127. The Morgan fingerprint density at radius 2 is 2.05 bits per heavy atom. The number of nitro groups is 1. The number of nitrogens with one attached hydrogen (secondary N) is 1. The van der Waals surface area contributed by atoms with Crippen LogP contribution in [0, 0.1) is 10.1 Å². The van der Waals surface area contributed by atoms with Crippen molar-refractivity contribution in [3.63, 3.8) is 0 Å². The number of benzene rings is 1. The first-order valence-electron chi connectivity index (χ1n) is 5.79. The molecule has 6 nitrogen and oxygen atoms in total. The summed E-state index contributed by atoms with van der Waals surface area (Å²) in [5, 5.41) is 22.9. The Morgan fingerprint density at radius 3 is 2.45 bits per heavy atom. The highest BCUT2D eigenvalue weighted by molar-refractivity contribution is 14.1. The molecule has 8 heteroatoms. The molecule has 3 atom stereocenters. The monoisotopic (exact) mass is 396 g/mol. The fourth-order valence-corrected chi connectivity index (χ4v) is 1.70. The lowest BCUT2D eigenvalue weighted by atomic mass is 10.0. The van der Waals surface area contributed by atoms with E-state index in [9.17, 15) is 24.4 Å². The first-order chi connectivity index (χ1) is 9.36. The van der Waals surface area contributed by atoms with Crippen LogP contribution in [0.2, 0.25) is 0 Å². The number of hydrogen-bond donors (Lipinski definition) is 2. The zero-order chi connectivity index (χ0) is 15.3. The number of aliphatic hydroxyl groups is 1. The number of rotatable bonds is 6. The van der Waals surface area contributed by atoms with Crippen LogP contribution >= 0.6 is 22.6 Å². The number of carbonyl (C=O) groups is 1. The molecule has 0 radical (unpaired) electrons. The molecule has 0 unspecified atom stereocenters. The van der Waals surface area contributed by atoms with Gasteiger partial charge in [0.15, 0.2) is 0 Å². The van der Waals surface area contributed by atoms with Gasteiger partial charge in [0.1, 0.15) is 12.8 Å². The summed E-state index contributed by atoms with van der Waals surface area (Å²) in [5.74, 6) is -0.380. The number of aliphatic hydroxyl groups excluding tert-OH is 1. The average molecular weight is 396 g/mol. The Bertz CT molecular complexity index is 481. The van der Waals surface area contributed by atoms with E-state index in [2.05, 4.69) is 5.32 Å². The topological polar surface area (TPSA) is 92.5 Å². The fraction of sp³-hybridized carbons (Fsp3) is 0.417. The maximum absolute atomic E-state index is 12.9. The minimum Gasteiger partial charge on any atom is -0.386 e. The lowest BCUT2D eigenvalue weighted by Gasteiger charge is -2.22. The van der Waals surface area contributed by atoms with E-state index in [1.807, 2.05) is 22.6 Å². The SMILES string of the molecule is C[C@H](I)C(=O)N[C@H](CF)[C@H](O)c1ccc([N+](=O)[O-])cc1. The van der Waals surface area contributed by atoms with Crippen LogP contribution in [0.15, 0.2) is 24.3 Å². The fourth-order valence-electron chi connectivity index (χ4n) is 1.52. The number of nitrogens with zero attached hydrogens (tertiary/aromatic N) is 1. The second-order valence-electron chi connectivity index (χ2n) is 4.18. The smallest absolute Gasteiger partial charge is 0.269 e. The minimum atomic E-state index is -1.26. The molecular weight excluding hydrogens is 382 g/mol. The zero-order valence-electron chi connectivity index (χ0n) is 10.6. The minimum absolute atomic E-state index is 0.123. The van der Waals surface area contributed by atoms with E-state index in [0.717, 1.165) is 0 Å². The van der Waals surface area contributed by atoms with E-state index in [1.54, 1.807) is 6.92 Å². The second-order valence-corrected chi connectivity index (χ2v) is 6.05. The van der Waals surface area contributed by atoms with Crippen molar-refractivity contribution in [3.8, 4) is 0 Å². The van der Waals surface area contributed by atoms with Gasteiger partial charge in [0.25, 0.3) is 5.69 Å². The van der Waals surface area contributed by atoms with Crippen molar-refractivity contribution < 1.29 is 19.2 Å². The Labute approximate surface area is 128 Å². The number of alkyl halides is 2. The van der Waals surface area contributed by atoms with Crippen molar-refractivity contribution in [3.05, 3.63) is 39.9 Å². The van der Waals surface area contributed by atoms with Crippen LogP contribution in [-0.4, -0.2) is 32.6 Å². The highest BCUT2D eigenvalue weighted by Crippen LogP contribution is 2.21. The Morgan fingerprint density at radius 1 is 1.50 bits per heavy atom. The van der Waals surface area contributed by atoms with Gasteiger partial charge in [-0.2, -0.15) is 0 Å². The van der Waals surface area contributed by atoms with Gasteiger partial charge in [-0.15, -0.1) is 0 Å². The van der Waals surface area contributed by atoms with E-state index in [1.165, 1.54) is 24.3 Å². The van der Waals surface area contributed by atoms with Gasteiger partial charge in [-0.3, -0.25) is 14.9 Å². The Balaban J connectivity index is 2.82. The van der Waals surface area contributed by atoms with Gasteiger partial charge < -0.3 is 10.4 Å². The van der Waals surface area contributed by atoms with Crippen molar-refractivity contribution in [1.29, 1.82) is 0 Å². The lowest BCUT2D eigenvalue weighted by molar-refractivity contribution is -0.384. The third-order valence-electron chi connectivity index (χ3n) is 2.68. The third-order valence-corrected chi connectivity index (χ3v) is 3.25. The van der Waals surface area contributed by atoms with Gasteiger partial charge in [0.2, 0.25) is 5.91 Å². The number of amides is 1. The van der Waals surface area contributed by atoms with E-state index >= 15 is 0 Å². The molecule has 0 aliphatic carbocycles.